The monoisotopic (exact) mass is 1010 g/mol. The molecule has 3 heterocycles. The minimum atomic E-state index is -0.320. The van der Waals surface area contributed by atoms with E-state index in [2.05, 4.69) is 196 Å². The molecule has 12 rings (SSSR count). The number of para-hydroxylation sites is 4. The van der Waals surface area contributed by atoms with Gasteiger partial charge in [0, 0.05) is 41.2 Å². The molecule has 1 aliphatic rings. The summed E-state index contributed by atoms with van der Waals surface area (Å²) in [4.78, 5) is 4.95. The molecule has 2 aromatic heterocycles. The fourth-order valence-corrected chi connectivity index (χ4v) is 11.0. The third-order valence-electron chi connectivity index (χ3n) is 14.8. The van der Waals surface area contributed by atoms with Crippen molar-refractivity contribution < 1.29 is 13.5 Å². The lowest BCUT2D eigenvalue weighted by Crippen LogP contribution is -2.12. The molecule has 5 nitrogen and oxygen atoms in total. The standard InChI is InChI=1S/C70H58F2N4O/c1-44(2)61-38-49(46-16-9-8-10-17-46)39-62(45(3)4)68(61)50-36-54(41-56(37-50)77-55-32-33-60-59-18-11-12-21-63(59)76(66(60)42-55)67-40-51(34-35-73-67)70(5,6)7)74-43-75(65-23-14-13-22-64(65)74)69-57(47-24-28-52(71)29-25-47)19-15-20-58(69)48-26-30-53(72)31-27-48/h8-42,44-45H,1-7H3/q+2. The number of rotatable bonds is 11. The zero-order valence-corrected chi connectivity index (χ0v) is 44.3. The van der Waals surface area contributed by atoms with E-state index in [0.29, 0.717) is 11.5 Å². The summed E-state index contributed by atoms with van der Waals surface area (Å²) in [6.45, 7) is 15.8. The second-order valence-corrected chi connectivity index (χ2v) is 21.7. The van der Waals surface area contributed by atoms with E-state index in [4.69, 9.17) is 9.72 Å². The van der Waals surface area contributed by atoms with Crippen molar-refractivity contribution in [3.8, 4) is 61.8 Å². The second-order valence-electron chi connectivity index (χ2n) is 21.7. The zero-order valence-electron chi connectivity index (χ0n) is 44.3. The maximum absolute atomic E-state index is 14.6. The Morgan fingerprint density at radius 3 is 1.73 bits per heavy atom. The molecule has 1 aliphatic heterocycles. The second kappa shape index (κ2) is 19.6. The largest absolute Gasteiger partial charge is 0.503 e. The predicted octanol–water partition coefficient (Wildman–Crippen LogP) is 19.3. The third kappa shape index (κ3) is 9.13. The van der Waals surface area contributed by atoms with E-state index >= 15 is 0 Å². The summed E-state index contributed by atoms with van der Waals surface area (Å²) in [7, 11) is 0. The Morgan fingerprint density at radius 1 is 0.494 bits per heavy atom. The fourth-order valence-electron chi connectivity index (χ4n) is 11.0. The van der Waals surface area contributed by atoms with Crippen LogP contribution < -0.4 is 13.9 Å². The van der Waals surface area contributed by atoms with E-state index in [0.717, 1.165) is 78.2 Å². The Morgan fingerprint density at radius 2 is 1.09 bits per heavy atom. The van der Waals surface area contributed by atoms with Gasteiger partial charge < -0.3 is 4.74 Å². The van der Waals surface area contributed by atoms with Gasteiger partial charge in [0.2, 0.25) is 11.4 Å². The first-order chi connectivity index (χ1) is 37.3. The molecule has 376 valence electrons. The van der Waals surface area contributed by atoms with Crippen LogP contribution in [0.2, 0.25) is 0 Å². The molecular formula is C70H58F2N4O+2. The minimum Gasteiger partial charge on any atom is -0.457 e. The molecular weight excluding hydrogens is 951 g/mol. The summed E-state index contributed by atoms with van der Waals surface area (Å²) in [5, 5.41) is 2.24. The van der Waals surface area contributed by atoms with Crippen molar-refractivity contribution in [1.82, 2.24) is 18.7 Å². The van der Waals surface area contributed by atoms with Crippen molar-refractivity contribution in [3.05, 3.63) is 241 Å². The van der Waals surface area contributed by atoms with Crippen LogP contribution >= 0.6 is 0 Å². The van der Waals surface area contributed by atoms with E-state index in [1.807, 2.05) is 36.5 Å². The van der Waals surface area contributed by atoms with Crippen LogP contribution in [0.15, 0.2) is 212 Å². The summed E-state index contributed by atoms with van der Waals surface area (Å²) < 4.78 is 42.8. The van der Waals surface area contributed by atoms with Gasteiger partial charge in [0.25, 0.3) is 11.4 Å². The number of fused-ring (bicyclic) bond motifs is 4. The summed E-state index contributed by atoms with van der Waals surface area (Å²) in [6.07, 6.45) is 1.91. The topological polar surface area (TPSA) is 33.1 Å². The van der Waals surface area contributed by atoms with Crippen LogP contribution in [0.5, 0.6) is 11.5 Å². The van der Waals surface area contributed by atoms with E-state index in [-0.39, 0.29) is 28.9 Å². The van der Waals surface area contributed by atoms with Crippen molar-refractivity contribution in [1.29, 1.82) is 0 Å². The highest BCUT2D eigenvalue weighted by Gasteiger charge is 2.40. The molecule has 77 heavy (non-hydrogen) atoms. The average Bonchev–Trinajstić information content (AvgIpc) is 4.00. The molecule has 0 fully saturated rings. The molecule has 0 N–H and O–H groups in total. The van der Waals surface area contributed by atoms with Gasteiger partial charge in [-0.15, -0.1) is 0 Å². The lowest BCUT2D eigenvalue weighted by Gasteiger charge is -2.23. The molecule has 0 amide bonds. The Balaban J connectivity index is 1.11. The number of nitrogens with zero attached hydrogens (tertiary/aromatic N) is 4. The molecule has 9 aromatic carbocycles. The first-order valence-electron chi connectivity index (χ1n) is 26.4. The van der Waals surface area contributed by atoms with E-state index in [1.54, 1.807) is 24.3 Å². The van der Waals surface area contributed by atoms with E-state index in [9.17, 15) is 8.78 Å². The number of hydrogen-bond donors (Lipinski definition) is 0. The highest BCUT2D eigenvalue weighted by molar-refractivity contribution is 6.09. The van der Waals surface area contributed by atoms with Gasteiger partial charge in [0.15, 0.2) is 0 Å². The third-order valence-corrected chi connectivity index (χ3v) is 14.8. The fraction of sp³-hybridized carbons (Fsp3) is 0.143. The van der Waals surface area contributed by atoms with Crippen LogP contribution in [0.4, 0.5) is 31.5 Å². The summed E-state index contributed by atoms with van der Waals surface area (Å²) >= 11 is 0. The van der Waals surface area contributed by atoms with E-state index < -0.39 is 0 Å². The maximum Gasteiger partial charge on any atom is 0.503 e. The summed E-state index contributed by atoms with van der Waals surface area (Å²) in [6, 6.07) is 72.3. The quantitative estimate of drug-likeness (QED) is 0.121. The summed E-state index contributed by atoms with van der Waals surface area (Å²) in [5.41, 5.74) is 17.0. The number of benzene rings is 9. The molecule has 0 spiro atoms. The number of hydrogen-bond acceptors (Lipinski definition) is 2. The Kier molecular flexibility index (Phi) is 12.4. The van der Waals surface area contributed by atoms with Gasteiger partial charge in [-0.2, -0.15) is 0 Å². The van der Waals surface area contributed by atoms with Crippen LogP contribution in [0.25, 0.3) is 72.1 Å². The smallest absolute Gasteiger partial charge is 0.457 e. The molecule has 7 heteroatoms. The number of ether oxygens (including phenoxy) is 1. The van der Waals surface area contributed by atoms with E-state index in [1.165, 1.54) is 57.6 Å². The van der Waals surface area contributed by atoms with Crippen molar-refractivity contribution in [3.63, 3.8) is 0 Å². The van der Waals surface area contributed by atoms with Crippen LogP contribution in [-0.2, 0) is 5.41 Å². The SMILES string of the molecule is CC(C)c1cc(-c2ccccc2)cc(C(C)C)c1-c1cc(Oc2ccc3c4ccccc4n(-c4cc(C(C)(C)C)ccn4)c3c2)cc([N+]2=C=[N+](c3c(-c4ccc(F)cc4)cccc3-c3ccc(F)cc3)c3ccccc32)c1. The molecule has 0 radical (unpaired) electrons. The maximum atomic E-state index is 14.6. The van der Waals surface area contributed by atoms with Crippen molar-refractivity contribution in [2.75, 3.05) is 0 Å². The van der Waals surface area contributed by atoms with Gasteiger partial charge in [0.05, 0.1) is 28.2 Å². The first-order valence-corrected chi connectivity index (χ1v) is 26.4. The zero-order chi connectivity index (χ0) is 53.1. The van der Waals surface area contributed by atoms with Crippen molar-refractivity contribution in [2.45, 2.75) is 65.7 Å². The van der Waals surface area contributed by atoms with Gasteiger partial charge in [-0.1, -0.05) is 152 Å². The minimum absolute atomic E-state index is 0.0706. The van der Waals surface area contributed by atoms with Crippen LogP contribution in [0.3, 0.4) is 0 Å². The van der Waals surface area contributed by atoms with Gasteiger partial charge in [-0.3, -0.25) is 4.57 Å². The summed E-state index contributed by atoms with van der Waals surface area (Å²) in [5.74, 6) is 1.90. The normalized spacial score (nSPS) is 12.4. The van der Waals surface area contributed by atoms with Crippen molar-refractivity contribution in [2.24, 2.45) is 0 Å². The Hall–Kier alpha value is -9.03. The predicted molar refractivity (Wildman–Crippen MR) is 314 cm³/mol. The van der Waals surface area contributed by atoms with Crippen LogP contribution in [-0.4, -0.2) is 15.6 Å². The highest BCUT2D eigenvalue weighted by atomic mass is 19.1. The van der Waals surface area contributed by atoms with Gasteiger partial charge >= 0.3 is 6.01 Å². The number of aromatic nitrogens is 2. The van der Waals surface area contributed by atoms with Gasteiger partial charge in [-0.05, 0) is 149 Å². The molecule has 0 saturated heterocycles. The van der Waals surface area contributed by atoms with Gasteiger partial charge in [0.1, 0.15) is 29.0 Å². The molecule has 0 aliphatic carbocycles. The molecule has 0 saturated carbocycles. The average molecular weight is 1010 g/mol. The van der Waals surface area contributed by atoms with Crippen LogP contribution in [0.1, 0.15) is 77.0 Å². The number of pyridine rings is 1. The number of halogens is 2. The molecule has 0 unspecified atom stereocenters. The van der Waals surface area contributed by atoms with Crippen LogP contribution in [0, 0.1) is 11.6 Å². The highest BCUT2D eigenvalue weighted by Crippen LogP contribution is 2.48. The first kappa shape index (κ1) is 48.9. The van der Waals surface area contributed by atoms with Gasteiger partial charge in [-0.25, -0.2) is 13.8 Å². The molecule has 11 aromatic rings. The Bertz CT molecular complexity index is 4070. The molecule has 0 atom stereocenters. The molecule has 0 bridgehead atoms. The lowest BCUT2D eigenvalue weighted by molar-refractivity contribution is 0.483. The Labute approximate surface area is 449 Å². The lowest BCUT2D eigenvalue weighted by atomic mass is 9.82. The van der Waals surface area contributed by atoms with Crippen molar-refractivity contribution >= 4 is 50.6 Å².